The number of nitrogens with zero attached hydrogens (tertiary/aromatic N) is 2. The number of furan rings is 1. The smallest absolute Gasteiger partial charge is 0.237 e. The van der Waals surface area contributed by atoms with Gasteiger partial charge in [0.1, 0.15) is 5.76 Å². The fourth-order valence-electron chi connectivity index (χ4n) is 4.11. The molecule has 4 rings (SSSR count). The first-order chi connectivity index (χ1) is 11.2. The van der Waals surface area contributed by atoms with E-state index in [4.69, 9.17) is 4.42 Å². The molecule has 1 fully saturated rings. The lowest BCUT2D eigenvalue weighted by Crippen LogP contribution is -2.48. The highest BCUT2D eigenvalue weighted by atomic mass is 16.3. The third kappa shape index (κ3) is 2.20. The Balaban J connectivity index is 1.57. The van der Waals surface area contributed by atoms with Gasteiger partial charge in [0.2, 0.25) is 5.91 Å². The van der Waals surface area contributed by atoms with Gasteiger partial charge in [0.25, 0.3) is 0 Å². The number of para-hydroxylation sites is 1. The van der Waals surface area contributed by atoms with Crippen LogP contribution in [0.25, 0.3) is 0 Å². The topological polar surface area (TPSA) is 36.7 Å². The maximum atomic E-state index is 13.1. The summed E-state index contributed by atoms with van der Waals surface area (Å²) in [4.78, 5) is 17.4. The molecule has 1 spiro atoms. The van der Waals surface area contributed by atoms with Crippen LogP contribution in [0.3, 0.4) is 0 Å². The van der Waals surface area contributed by atoms with Crippen LogP contribution in [0.5, 0.6) is 0 Å². The summed E-state index contributed by atoms with van der Waals surface area (Å²) in [6, 6.07) is 12.3. The minimum absolute atomic E-state index is 0.291. The Morgan fingerprint density at radius 1 is 1.13 bits per heavy atom. The number of piperidine rings is 1. The zero-order chi connectivity index (χ0) is 15.9. The van der Waals surface area contributed by atoms with Crippen molar-refractivity contribution in [3.05, 3.63) is 54.0 Å². The van der Waals surface area contributed by atoms with Crippen LogP contribution in [-0.4, -0.2) is 30.4 Å². The van der Waals surface area contributed by atoms with E-state index in [1.807, 2.05) is 23.1 Å². The van der Waals surface area contributed by atoms with Gasteiger partial charge in [0, 0.05) is 12.2 Å². The molecule has 1 aromatic heterocycles. The summed E-state index contributed by atoms with van der Waals surface area (Å²) >= 11 is 0. The van der Waals surface area contributed by atoms with Crippen molar-refractivity contribution in [2.24, 2.45) is 0 Å². The van der Waals surface area contributed by atoms with E-state index in [0.29, 0.717) is 5.91 Å². The van der Waals surface area contributed by atoms with Crippen LogP contribution in [0.15, 0.2) is 47.1 Å². The van der Waals surface area contributed by atoms with Crippen molar-refractivity contribution in [2.45, 2.75) is 31.7 Å². The number of hydrogen-bond acceptors (Lipinski definition) is 3. The van der Waals surface area contributed by atoms with Crippen LogP contribution in [-0.2, 0) is 16.8 Å². The molecule has 2 aliphatic rings. The third-order valence-electron chi connectivity index (χ3n) is 5.35. The summed E-state index contributed by atoms with van der Waals surface area (Å²) in [5, 5.41) is 0. The molecule has 3 heterocycles. The normalized spacial score (nSPS) is 20.2. The second-order valence-corrected chi connectivity index (χ2v) is 6.50. The highest BCUT2D eigenvalue weighted by molar-refractivity contribution is 6.08. The molecular formula is C19H22N2O2. The molecule has 1 saturated heterocycles. The lowest BCUT2D eigenvalue weighted by atomic mass is 9.73. The Morgan fingerprint density at radius 2 is 1.91 bits per heavy atom. The standard InChI is InChI=1S/C19H22N2O2/c1-2-21-17-8-4-3-7-16(17)19(18(21)22)9-11-20(12-10-19)14-15-6-5-13-23-15/h3-8,13H,2,9-12,14H2,1H3. The summed E-state index contributed by atoms with van der Waals surface area (Å²) in [6.45, 7) is 5.49. The SMILES string of the molecule is CCN1C(=O)C2(CCN(Cc3ccco3)CC2)c2ccccc21. The first-order valence-corrected chi connectivity index (χ1v) is 8.41. The zero-order valence-electron chi connectivity index (χ0n) is 13.5. The molecule has 120 valence electrons. The van der Waals surface area contributed by atoms with Crippen molar-refractivity contribution in [3.63, 3.8) is 0 Å². The average Bonchev–Trinajstić information content (AvgIpc) is 3.16. The molecule has 2 aliphatic heterocycles. The molecule has 0 unspecified atom stereocenters. The van der Waals surface area contributed by atoms with Crippen molar-refractivity contribution >= 4 is 11.6 Å². The Hall–Kier alpha value is -2.07. The lowest BCUT2D eigenvalue weighted by molar-refractivity contribution is -0.124. The second-order valence-electron chi connectivity index (χ2n) is 6.50. The number of rotatable bonds is 3. The van der Waals surface area contributed by atoms with Crippen molar-refractivity contribution < 1.29 is 9.21 Å². The largest absolute Gasteiger partial charge is 0.468 e. The van der Waals surface area contributed by atoms with E-state index in [1.165, 1.54) is 5.56 Å². The highest BCUT2D eigenvalue weighted by Crippen LogP contribution is 2.47. The van der Waals surface area contributed by atoms with Gasteiger partial charge < -0.3 is 9.32 Å². The Morgan fingerprint density at radius 3 is 2.61 bits per heavy atom. The monoisotopic (exact) mass is 310 g/mol. The number of carbonyl (C=O) groups is 1. The van der Waals surface area contributed by atoms with Gasteiger partial charge in [-0.25, -0.2) is 0 Å². The number of anilines is 1. The van der Waals surface area contributed by atoms with Gasteiger partial charge in [-0.05, 0) is 56.6 Å². The van der Waals surface area contributed by atoms with Crippen LogP contribution in [0.4, 0.5) is 5.69 Å². The van der Waals surface area contributed by atoms with E-state index >= 15 is 0 Å². The van der Waals surface area contributed by atoms with E-state index in [9.17, 15) is 4.79 Å². The van der Waals surface area contributed by atoms with Gasteiger partial charge in [0.15, 0.2) is 0 Å². The van der Waals surface area contributed by atoms with Gasteiger partial charge in [-0.3, -0.25) is 9.69 Å². The molecule has 1 aromatic carbocycles. The number of benzene rings is 1. The molecule has 0 N–H and O–H groups in total. The number of hydrogen-bond donors (Lipinski definition) is 0. The molecule has 4 heteroatoms. The second kappa shape index (κ2) is 5.53. The van der Waals surface area contributed by atoms with Crippen molar-refractivity contribution in [1.82, 2.24) is 4.90 Å². The molecule has 4 nitrogen and oxygen atoms in total. The highest BCUT2D eigenvalue weighted by Gasteiger charge is 2.51. The molecule has 0 atom stereocenters. The first-order valence-electron chi connectivity index (χ1n) is 8.41. The number of carbonyl (C=O) groups excluding carboxylic acids is 1. The molecular weight excluding hydrogens is 288 g/mol. The average molecular weight is 310 g/mol. The molecule has 0 aliphatic carbocycles. The van der Waals surface area contributed by atoms with Crippen molar-refractivity contribution in [2.75, 3.05) is 24.5 Å². The summed E-state index contributed by atoms with van der Waals surface area (Å²) in [5.41, 5.74) is 2.02. The van der Waals surface area contributed by atoms with Crippen LogP contribution in [0.2, 0.25) is 0 Å². The quantitative estimate of drug-likeness (QED) is 0.873. The molecule has 0 saturated carbocycles. The van der Waals surface area contributed by atoms with E-state index in [-0.39, 0.29) is 5.41 Å². The lowest BCUT2D eigenvalue weighted by Gasteiger charge is -2.38. The molecule has 0 bridgehead atoms. The Kier molecular flexibility index (Phi) is 3.49. The number of amides is 1. The first kappa shape index (κ1) is 14.5. The fourth-order valence-corrected chi connectivity index (χ4v) is 4.11. The van der Waals surface area contributed by atoms with E-state index in [2.05, 4.69) is 30.0 Å². The van der Waals surface area contributed by atoms with Crippen molar-refractivity contribution in [1.29, 1.82) is 0 Å². The summed E-state index contributed by atoms with van der Waals surface area (Å²) in [7, 11) is 0. The van der Waals surface area contributed by atoms with Crippen LogP contribution in [0, 0.1) is 0 Å². The van der Waals surface area contributed by atoms with Gasteiger partial charge >= 0.3 is 0 Å². The molecule has 2 aromatic rings. The maximum Gasteiger partial charge on any atom is 0.237 e. The predicted molar refractivity (Wildman–Crippen MR) is 89.4 cm³/mol. The van der Waals surface area contributed by atoms with Crippen LogP contribution < -0.4 is 4.90 Å². The van der Waals surface area contributed by atoms with E-state index < -0.39 is 0 Å². The minimum atomic E-state index is -0.313. The summed E-state index contributed by atoms with van der Waals surface area (Å²) in [5.74, 6) is 1.29. The number of fused-ring (bicyclic) bond motifs is 2. The molecule has 0 radical (unpaired) electrons. The van der Waals surface area contributed by atoms with Gasteiger partial charge in [0.05, 0.1) is 18.2 Å². The summed E-state index contributed by atoms with van der Waals surface area (Å²) < 4.78 is 5.45. The maximum absolute atomic E-state index is 13.1. The van der Waals surface area contributed by atoms with Gasteiger partial charge in [-0.15, -0.1) is 0 Å². The fraction of sp³-hybridized carbons (Fsp3) is 0.421. The van der Waals surface area contributed by atoms with Crippen LogP contribution in [0.1, 0.15) is 31.1 Å². The van der Waals surface area contributed by atoms with Crippen molar-refractivity contribution in [3.8, 4) is 0 Å². The molecule has 23 heavy (non-hydrogen) atoms. The Bertz CT molecular complexity index is 700. The van der Waals surface area contributed by atoms with Crippen LogP contribution >= 0.6 is 0 Å². The minimum Gasteiger partial charge on any atom is -0.468 e. The zero-order valence-corrected chi connectivity index (χ0v) is 13.5. The predicted octanol–water partition coefficient (Wildman–Crippen LogP) is 3.18. The number of likely N-dealkylation sites (tertiary alicyclic amines) is 1. The van der Waals surface area contributed by atoms with E-state index in [1.54, 1.807) is 6.26 Å². The van der Waals surface area contributed by atoms with Gasteiger partial charge in [-0.2, -0.15) is 0 Å². The third-order valence-corrected chi connectivity index (χ3v) is 5.35. The number of likely N-dealkylation sites (N-methyl/N-ethyl adjacent to an activating group) is 1. The summed E-state index contributed by atoms with van der Waals surface area (Å²) in [6.07, 6.45) is 3.50. The Labute approximate surface area is 136 Å². The molecule has 1 amide bonds. The van der Waals surface area contributed by atoms with Gasteiger partial charge in [-0.1, -0.05) is 18.2 Å². The van der Waals surface area contributed by atoms with E-state index in [0.717, 1.165) is 50.5 Å².